The average Bonchev–Trinajstić information content (AvgIpc) is 3.45. The van der Waals surface area contributed by atoms with Crippen molar-refractivity contribution in [2.75, 3.05) is 7.11 Å². The summed E-state index contributed by atoms with van der Waals surface area (Å²) < 4.78 is 21.5. The van der Waals surface area contributed by atoms with Gasteiger partial charge >= 0.3 is 5.97 Å². The van der Waals surface area contributed by atoms with Gasteiger partial charge in [0.05, 0.1) is 25.4 Å². The Balaban J connectivity index is 1.30. The maximum absolute atomic E-state index is 12.5. The molecule has 0 fully saturated rings. The molecule has 0 aliphatic rings. The number of carbonyl (C=O) groups excluding carboxylic acids is 1. The van der Waals surface area contributed by atoms with Crippen LogP contribution in [0.25, 0.3) is 33.1 Å². The third kappa shape index (κ3) is 3.61. The van der Waals surface area contributed by atoms with Gasteiger partial charge in [0.1, 0.15) is 11.3 Å². The molecular weight excluding hydrogens is 396 g/mol. The van der Waals surface area contributed by atoms with Crippen LogP contribution >= 0.6 is 0 Å². The van der Waals surface area contributed by atoms with Crippen molar-refractivity contribution in [1.82, 2.24) is 10.1 Å². The summed E-state index contributed by atoms with van der Waals surface area (Å²) >= 11 is 0. The zero-order chi connectivity index (χ0) is 21.2. The van der Waals surface area contributed by atoms with E-state index in [9.17, 15) is 4.79 Å². The molecule has 0 amide bonds. The highest BCUT2D eigenvalue weighted by atomic mass is 16.6. The minimum atomic E-state index is -0.410. The van der Waals surface area contributed by atoms with E-state index < -0.39 is 5.97 Å². The van der Waals surface area contributed by atoms with Gasteiger partial charge in [-0.2, -0.15) is 4.98 Å². The van der Waals surface area contributed by atoms with E-state index in [1.54, 1.807) is 13.4 Å². The summed E-state index contributed by atoms with van der Waals surface area (Å²) in [7, 11) is 1.57. The van der Waals surface area contributed by atoms with E-state index in [4.69, 9.17) is 18.4 Å². The number of rotatable bonds is 6. The summed E-state index contributed by atoms with van der Waals surface area (Å²) in [6.45, 7) is -0.114. The van der Waals surface area contributed by atoms with Crippen molar-refractivity contribution in [2.24, 2.45) is 0 Å². The number of furan rings is 1. The monoisotopic (exact) mass is 414 g/mol. The van der Waals surface area contributed by atoms with Crippen LogP contribution in [0.2, 0.25) is 0 Å². The molecule has 0 saturated carbocycles. The van der Waals surface area contributed by atoms with Crippen molar-refractivity contribution in [2.45, 2.75) is 13.0 Å². The van der Waals surface area contributed by atoms with Gasteiger partial charge in [-0.3, -0.25) is 4.79 Å². The first-order valence-corrected chi connectivity index (χ1v) is 9.72. The third-order valence-corrected chi connectivity index (χ3v) is 5.05. The number of para-hydroxylation sites is 1. The lowest BCUT2D eigenvalue weighted by molar-refractivity contribution is -0.144. The Morgan fingerprint density at radius 3 is 2.77 bits per heavy atom. The number of hydrogen-bond donors (Lipinski definition) is 0. The first kappa shape index (κ1) is 18.9. The molecule has 0 aliphatic carbocycles. The number of aromatic nitrogens is 2. The van der Waals surface area contributed by atoms with Gasteiger partial charge < -0.3 is 18.4 Å². The molecule has 0 bridgehead atoms. The zero-order valence-corrected chi connectivity index (χ0v) is 16.7. The van der Waals surface area contributed by atoms with Crippen molar-refractivity contribution in [3.63, 3.8) is 0 Å². The van der Waals surface area contributed by atoms with E-state index in [1.165, 1.54) is 0 Å². The molecule has 2 aromatic heterocycles. The standard InChI is InChI=1S/C24H18N2O5/c1-28-19-9-5-4-8-18(19)24-25-21(31-26-24)14-30-22(27)12-16-13-29-20-11-10-15-6-2-3-7-17(15)23(16)20/h2-11,13H,12,14H2,1H3. The molecule has 5 rings (SSSR count). The lowest BCUT2D eigenvalue weighted by Crippen LogP contribution is -2.08. The molecule has 0 unspecified atom stereocenters. The highest BCUT2D eigenvalue weighted by molar-refractivity contribution is 6.08. The van der Waals surface area contributed by atoms with Crippen LogP contribution in [0.3, 0.4) is 0 Å². The van der Waals surface area contributed by atoms with Crippen molar-refractivity contribution in [3.05, 3.63) is 78.4 Å². The second-order valence-corrected chi connectivity index (χ2v) is 6.97. The predicted molar refractivity (Wildman–Crippen MR) is 114 cm³/mol. The molecule has 0 spiro atoms. The zero-order valence-electron chi connectivity index (χ0n) is 16.7. The SMILES string of the molecule is COc1ccccc1-c1noc(COC(=O)Cc2coc3ccc4ccccc4c23)n1. The largest absolute Gasteiger partial charge is 0.496 e. The number of fused-ring (bicyclic) bond motifs is 3. The van der Waals surface area contributed by atoms with Crippen LogP contribution in [0.5, 0.6) is 5.75 Å². The van der Waals surface area contributed by atoms with Crippen LogP contribution in [0.1, 0.15) is 11.5 Å². The predicted octanol–water partition coefficient (Wildman–Crippen LogP) is 4.93. The molecule has 7 heteroatoms. The molecule has 0 saturated heterocycles. The fourth-order valence-corrected chi connectivity index (χ4v) is 3.61. The van der Waals surface area contributed by atoms with Gasteiger partial charge in [-0.15, -0.1) is 0 Å². The van der Waals surface area contributed by atoms with Gasteiger partial charge in [0.25, 0.3) is 5.89 Å². The quantitative estimate of drug-likeness (QED) is 0.364. The molecule has 5 aromatic rings. The van der Waals surface area contributed by atoms with Crippen molar-refractivity contribution >= 4 is 27.7 Å². The van der Waals surface area contributed by atoms with Crippen LogP contribution in [0.4, 0.5) is 0 Å². The molecule has 31 heavy (non-hydrogen) atoms. The number of hydrogen-bond acceptors (Lipinski definition) is 7. The van der Waals surface area contributed by atoms with Gasteiger partial charge in [0, 0.05) is 10.9 Å². The molecule has 3 aromatic carbocycles. The van der Waals surface area contributed by atoms with E-state index in [0.29, 0.717) is 17.1 Å². The minimum Gasteiger partial charge on any atom is -0.496 e. The van der Waals surface area contributed by atoms with E-state index >= 15 is 0 Å². The van der Waals surface area contributed by atoms with E-state index in [-0.39, 0.29) is 18.9 Å². The number of benzene rings is 3. The van der Waals surface area contributed by atoms with Gasteiger partial charge in [-0.25, -0.2) is 0 Å². The second kappa shape index (κ2) is 7.95. The number of esters is 1. The first-order chi connectivity index (χ1) is 15.2. The number of ether oxygens (including phenoxy) is 2. The minimum absolute atomic E-state index is 0.0779. The van der Waals surface area contributed by atoms with Gasteiger partial charge in [0.2, 0.25) is 5.82 Å². The summed E-state index contributed by atoms with van der Waals surface area (Å²) in [5.74, 6) is 0.797. The summed E-state index contributed by atoms with van der Waals surface area (Å²) in [6, 6.07) is 19.2. The molecule has 2 heterocycles. The van der Waals surface area contributed by atoms with Crippen LogP contribution in [-0.2, 0) is 22.6 Å². The Bertz CT molecular complexity index is 1390. The van der Waals surface area contributed by atoms with Crippen molar-refractivity contribution in [3.8, 4) is 17.1 Å². The molecule has 0 radical (unpaired) electrons. The number of carbonyl (C=O) groups is 1. The molecule has 0 aliphatic heterocycles. The highest BCUT2D eigenvalue weighted by Crippen LogP contribution is 2.30. The fourth-order valence-electron chi connectivity index (χ4n) is 3.61. The third-order valence-electron chi connectivity index (χ3n) is 5.05. The average molecular weight is 414 g/mol. The van der Waals surface area contributed by atoms with E-state index in [1.807, 2.05) is 60.7 Å². The summed E-state index contributed by atoms with van der Waals surface area (Å²) in [4.78, 5) is 16.8. The normalized spacial score (nSPS) is 11.1. The van der Waals surface area contributed by atoms with Crippen LogP contribution in [-0.4, -0.2) is 23.2 Å². The first-order valence-electron chi connectivity index (χ1n) is 9.72. The lowest BCUT2D eigenvalue weighted by atomic mass is 10.0. The van der Waals surface area contributed by atoms with E-state index in [0.717, 1.165) is 27.3 Å². The Morgan fingerprint density at radius 1 is 1.03 bits per heavy atom. The topological polar surface area (TPSA) is 87.6 Å². The highest BCUT2D eigenvalue weighted by Gasteiger charge is 2.17. The smallest absolute Gasteiger partial charge is 0.310 e. The van der Waals surface area contributed by atoms with Gasteiger partial charge in [-0.05, 0) is 29.0 Å². The van der Waals surface area contributed by atoms with Crippen molar-refractivity contribution in [1.29, 1.82) is 0 Å². The Morgan fingerprint density at radius 2 is 1.87 bits per heavy atom. The second-order valence-electron chi connectivity index (χ2n) is 6.97. The van der Waals surface area contributed by atoms with Crippen LogP contribution in [0.15, 0.2) is 75.9 Å². The Kier molecular flexibility index (Phi) is 4.84. The molecule has 0 atom stereocenters. The lowest BCUT2D eigenvalue weighted by Gasteiger charge is -2.03. The number of methoxy groups -OCH3 is 1. The Labute approximate surface area is 177 Å². The number of nitrogens with zero attached hydrogens (tertiary/aromatic N) is 2. The molecule has 7 nitrogen and oxygen atoms in total. The molecule has 154 valence electrons. The van der Waals surface area contributed by atoms with E-state index in [2.05, 4.69) is 10.1 Å². The van der Waals surface area contributed by atoms with Crippen LogP contribution in [0, 0.1) is 0 Å². The summed E-state index contributed by atoms with van der Waals surface area (Å²) in [6.07, 6.45) is 1.68. The maximum atomic E-state index is 12.5. The summed E-state index contributed by atoms with van der Waals surface area (Å²) in [5, 5.41) is 6.99. The van der Waals surface area contributed by atoms with Gasteiger partial charge in [0.15, 0.2) is 6.61 Å². The molecule has 0 N–H and O–H groups in total. The Hall–Kier alpha value is -4.13. The van der Waals surface area contributed by atoms with Gasteiger partial charge in [-0.1, -0.05) is 47.6 Å². The fraction of sp³-hybridized carbons (Fsp3) is 0.125. The maximum Gasteiger partial charge on any atom is 0.310 e. The molecular formula is C24H18N2O5. The van der Waals surface area contributed by atoms with Crippen molar-refractivity contribution < 1.29 is 23.2 Å². The van der Waals surface area contributed by atoms with Crippen LogP contribution < -0.4 is 4.74 Å². The summed E-state index contributed by atoms with van der Waals surface area (Å²) in [5.41, 5.74) is 2.21.